The molecule has 0 saturated carbocycles. The number of benzene rings is 2. The maximum Gasteiger partial charge on any atom is 0.333 e. The molecule has 0 atom stereocenters. The van der Waals surface area contributed by atoms with Gasteiger partial charge in [-0.3, -0.25) is 0 Å². The molecule has 0 radical (unpaired) electrons. The van der Waals surface area contributed by atoms with Gasteiger partial charge >= 0.3 is 6.03 Å². The van der Waals surface area contributed by atoms with Crippen LogP contribution in [-0.2, 0) is 22.9 Å². The Labute approximate surface area is 143 Å². The standard InChI is InChI=1S/C18H22N2O3S/c1-3-8-15-13-16(12-11-14(15)4-2)19-18(21)20-24(22,23)17-9-6-5-7-10-17/h5-7,9-13H,3-4,8H2,1-2H3,(H2,19,20,21). The third kappa shape index (κ3) is 4.58. The molecule has 0 aliphatic rings. The summed E-state index contributed by atoms with van der Waals surface area (Å²) in [7, 11) is -3.87. The highest BCUT2D eigenvalue weighted by Crippen LogP contribution is 2.18. The second kappa shape index (κ2) is 7.97. The Bertz CT molecular complexity index is 802. The summed E-state index contributed by atoms with van der Waals surface area (Å²) in [5.41, 5.74) is 2.99. The van der Waals surface area contributed by atoms with E-state index < -0.39 is 16.1 Å². The van der Waals surface area contributed by atoms with Gasteiger partial charge in [0.25, 0.3) is 10.0 Å². The fourth-order valence-electron chi connectivity index (χ4n) is 2.49. The van der Waals surface area contributed by atoms with Crippen molar-refractivity contribution in [1.29, 1.82) is 0 Å². The second-order valence-corrected chi connectivity index (χ2v) is 7.14. The zero-order chi connectivity index (χ0) is 17.6. The quantitative estimate of drug-likeness (QED) is 0.837. The number of nitrogens with one attached hydrogen (secondary N) is 2. The molecule has 128 valence electrons. The van der Waals surface area contributed by atoms with Crippen molar-refractivity contribution in [2.24, 2.45) is 0 Å². The number of hydrogen-bond donors (Lipinski definition) is 2. The van der Waals surface area contributed by atoms with Crippen molar-refractivity contribution >= 4 is 21.7 Å². The van der Waals surface area contributed by atoms with Crippen molar-refractivity contribution < 1.29 is 13.2 Å². The van der Waals surface area contributed by atoms with Gasteiger partial charge in [0, 0.05) is 5.69 Å². The highest BCUT2D eigenvalue weighted by Gasteiger charge is 2.17. The molecule has 2 rings (SSSR count). The van der Waals surface area contributed by atoms with Crippen molar-refractivity contribution in [3.05, 3.63) is 59.7 Å². The van der Waals surface area contributed by atoms with Crippen LogP contribution in [0.25, 0.3) is 0 Å². The van der Waals surface area contributed by atoms with Crippen LogP contribution in [0, 0.1) is 0 Å². The number of sulfonamides is 1. The third-order valence-corrected chi connectivity index (χ3v) is 4.99. The summed E-state index contributed by atoms with van der Waals surface area (Å²) in [4.78, 5) is 12.1. The van der Waals surface area contributed by atoms with Gasteiger partial charge in [-0.1, -0.05) is 44.5 Å². The minimum Gasteiger partial charge on any atom is -0.307 e. The predicted molar refractivity (Wildman–Crippen MR) is 95.6 cm³/mol. The SMILES string of the molecule is CCCc1cc(NC(=O)NS(=O)(=O)c2ccccc2)ccc1CC. The molecule has 0 aliphatic carbocycles. The molecule has 2 aromatic rings. The highest BCUT2D eigenvalue weighted by molar-refractivity contribution is 7.90. The molecule has 5 nitrogen and oxygen atoms in total. The van der Waals surface area contributed by atoms with Crippen molar-refractivity contribution in [2.45, 2.75) is 38.0 Å². The molecular weight excluding hydrogens is 324 g/mol. The Balaban J connectivity index is 2.11. The van der Waals surface area contributed by atoms with Crippen LogP contribution in [-0.4, -0.2) is 14.4 Å². The number of carbonyl (C=O) groups is 1. The van der Waals surface area contributed by atoms with E-state index in [-0.39, 0.29) is 4.90 Å². The first-order valence-corrected chi connectivity index (χ1v) is 9.45. The maximum absolute atomic E-state index is 12.1. The third-order valence-electron chi connectivity index (χ3n) is 3.64. The first-order chi connectivity index (χ1) is 11.5. The van der Waals surface area contributed by atoms with E-state index in [2.05, 4.69) is 19.2 Å². The fraction of sp³-hybridized carbons (Fsp3) is 0.278. The van der Waals surface area contributed by atoms with Crippen LogP contribution in [0.1, 0.15) is 31.4 Å². The summed E-state index contributed by atoms with van der Waals surface area (Å²) in [5, 5.41) is 2.59. The maximum atomic E-state index is 12.1. The first kappa shape index (κ1) is 18.0. The summed E-state index contributed by atoms with van der Waals surface area (Å²) >= 11 is 0. The zero-order valence-electron chi connectivity index (χ0n) is 13.9. The van der Waals surface area contributed by atoms with Crippen molar-refractivity contribution in [2.75, 3.05) is 5.32 Å². The van der Waals surface area contributed by atoms with E-state index >= 15 is 0 Å². The van der Waals surface area contributed by atoms with Gasteiger partial charge in [0.2, 0.25) is 0 Å². The van der Waals surface area contributed by atoms with Gasteiger partial charge in [0.15, 0.2) is 0 Å². The molecule has 2 amide bonds. The van der Waals surface area contributed by atoms with E-state index in [1.165, 1.54) is 23.3 Å². The number of hydrogen-bond acceptors (Lipinski definition) is 3. The molecule has 0 spiro atoms. The Morgan fingerprint density at radius 3 is 2.33 bits per heavy atom. The molecule has 0 unspecified atom stereocenters. The molecule has 0 fully saturated rings. The lowest BCUT2D eigenvalue weighted by Gasteiger charge is -2.12. The Morgan fingerprint density at radius 1 is 1.00 bits per heavy atom. The van der Waals surface area contributed by atoms with E-state index in [1.54, 1.807) is 24.3 Å². The number of carbonyl (C=O) groups excluding carboxylic acids is 1. The lowest BCUT2D eigenvalue weighted by Crippen LogP contribution is -2.34. The van der Waals surface area contributed by atoms with Crippen LogP contribution in [0.15, 0.2) is 53.4 Å². The molecule has 0 saturated heterocycles. The average molecular weight is 346 g/mol. The van der Waals surface area contributed by atoms with Crippen LogP contribution < -0.4 is 10.0 Å². The lowest BCUT2D eigenvalue weighted by atomic mass is 10.0. The van der Waals surface area contributed by atoms with Gasteiger partial charge in [0.05, 0.1) is 4.90 Å². The molecule has 0 heterocycles. The summed E-state index contributed by atoms with van der Waals surface area (Å²) in [6.07, 6.45) is 2.85. The number of aryl methyl sites for hydroxylation is 2. The van der Waals surface area contributed by atoms with Gasteiger partial charge in [-0.25, -0.2) is 17.9 Å². The topological polar surface area (TPSA) is 75.3 Å². The summed E-state index contributed by atoms with van der Waals surface area (Å²) < 4.78 is 26.3. The summed E-state index contributed by atoms with van der Waals surface area (Å²) in [6.45, 7) is 4.18. The largest absolute Gasteiger partial charge is 0.333 e. The van der Waals surface area contributed by atoms with Crippen LogP contribution in [0.4, 0.5) is 10.5 Å². The van der Waals surface area contributed by atoms with Gasteiger partial charge in [-0.15, -0.1) is 0 Å². The minimum absolute atomic E-state index is 0.0492. The molecule has 24 heavy (non-hydrogen) atoms. The Hall–Kier alpha value is -2.34. The summed E-state index contributed by atoms with van der Waals surface area (Å²) in [5.74, 6) is 0. The van der Waals surface area contributed by atoms with Gasteiger partial charge in [0.1, 0.15) is 0 Å². The number of anilines is 1. The zero-order valence-corrected chi connectivity index (χ0v) is 14.7. The molecule has 0 aromatic heterocycles. The van der Waals surface area contributed by atoms with Crippen LogP contribution in [0.3, 0.4) is 0 Å². The molecule has 2 N–H and O–H groups in total. The highest BCUT2D eigenvalue weighted by atomic mass is 32.2. The molecular formula is C18H22N2O3S. The van der Waals surface area contributed by atoms with Crippen LogP contribution in [0.5, 0.6) is 0 Å². The average Bonchev–Trinajstić information content (AvgIpc) is 2.56. The normalized spacial score (nSPS) is 11.1. The van der Waals surface area contributed by atoms with E-state index in [4.69, 9.17) is 0 Å². The first-order valence-electron chi connectivity index (χ1n) is 7.97. The minimum atomic E-state index is -3.87. The van der Waals surface area contributed by atoms with E-state index in [0.717, 1.165) is 19.3 Å². The van der Waals surface area contributed by atoms with Gasteiger partial charge < -0.3 is 5.32 Å². The van der Waals surface area contributed by atoms with Crippen LogP contribution >= 0.6 is 0 Å². The summed E-state index contributed by atoms with van der Waals surface area (Å²) in [6, 6.07) is 12.7. The van der Waals surface area contributed by atoms with Gasteiger partial charge in [-0.05, 0) is 48.2 Å². The molecule has 6 heteroatoms. The van der Waals surface area contributed by atoms with Crippen molar-refractivity contribution in [1.82, 2.24) is 4.72 Å². The van der Waals surface area contributed by atoms with Crippen LogP contribution in [0.2, 0.25) is 0 Å². The molecule has 0 aliphatic heterocycles. The lowest BCUT2D eigenvalue weighted by molar-refractivity contribution is 0.256. The second-order valence-electron chi connectivity index (χ2n) is 5.46. The Morgan fingerprint density at radius 2 is 1.71 bits per heavy atom. The smallest absolute Gasteiger partial charge is 0.307 e. The number of urea groups is 1. The monoisotopic (exact) mass is 346 g/mol. The Kier molecular flexibility index (Phi) is 5.98. The van der Waals surface area contributed by atoms with Crippen molar-refractivity contribution in [3.63, 3.8) is 0 Å². The van der Waals surface area contributed by atoms with E-state index in [1.807, 2.05) is 16.9 Å². The van der Waals surface area contributed by atoms with E-state index in [9.17, 15) is 13.2 Å². The fourth-order valence-corrected chi connectivity index (χ4v) is 3.42. The molecule has 2 aromatic carbocycles. The number of rotatable bonds is 6. The van der Waals surface area contributed by atoms with E-state index in [0.29, 0.717) is 5.69 Å². The molecule has 0 bridgehead atoms. The van der Waals surface area contributed by atoms with Crippen molar-refractivity contribution in [3.8, 4) is 0 Å². The number of amides is 2. The van der Waals surface area contributed by atoms with Gasteiger partial charge in [-0.2, -0.15) is 0 Å². The predicted octanol–water partition coefficient (Wildman–Crippen LogP) is 3.71.